The van der Waals surface area contributed by atoms with Gasteiger partial charge in [0.25, 0.3) is 0 Å². The van der Waals surface area contributed by atoms with Crippen molar-refractivity contribution in [1.29, 1.82) is 0 Å². The summed E-state index contributed by atoms with van der Waals surface area (Å²) in [7, 11) is 0. The van der Waals surface area contributed by atoms with Crippen LogP contribution in [0, 0.1) is 0 Å². The number of hydrogen-bond donors (Lipinski definition) is 0. The lowest BCUT2D eigenvalue weighted by Gasteiger charge is -2.12. The zero-order chi connectivity index (χ0) is 13.2. The Balaban J connectivity index is 2.60. The van der Waals surface area contributed by atoms with Crippen LogP contribution in [0.15, 0.2) is 61.2 Å². The van der Waals surface area contributed by atoms with Crippen molar-refractivity contribution in [2.75, 3.05) is 0 Å². The molecule has 0 aliphatic heterocycles. The Morgan fingerprint density at radius 1 is 0.842 bits per heavy atom. The second kappa shape index (κ2) is 4.69. The van der Waals surface area contributed by atoms with Crippen LogP contribution < -0.4 is 0 Å². The molecule has 19 heavy (non-hydrogen) atoms. The third-order valence-corrected chi connectivity index (χ3v) is 3.55. The Labute approximate surface area is 112 Å². The monoisotopic (exact) mass is 246 g/mol. The molecule has 0 saturated carbocycles. The highest BCUT2D eigenvalue weighted by Gasteiger charge is 2.11. The number of allylic oxidation sites excluding steroid dienone is 1. The first-order valence-corrected chi connectivity index (χ1v) is 6.35. The number of carbonyl (C=O) groups is 1. The average molecular weight is 246 g/mol. The van der Waals surface area contributed by atoms with Crippen LogP contribution in [0.3, 0.4) is 0 Å². The summed E-state index contributed by atoms with van der Waals surface area (Å²) in [6.45, 7) is 3.84. The van der Waals surface area contributed by atoms with E-state index in [1.807, 2.05) is 42.5 Å². The van der Waals surface area contributed by atoms with Gasteiger partial charge in [-0.2, -0.15) is 0 Å². The lowest BCUT2D eigenvalue weighted by Crippen LogP contribution is -1.93. The van der Waals surface area contributed by atoms with E-state index in [0.717, 1.165) is 39.8 Å². The van der Waals surface area contributed by atoms with Gasteiger partial charge in [-0.1, -0.05) is 54.6 Å². The number of aldehydes is 1. The molecule has 0 saturated heterocycles. The van der Waals surface area contributed by atoms with Gasteiger partial charge in [-0.3, -0.25) is 4.79 Å². The molecular formula is C18H14O. The van der Waals surface area contributed by atoms with Crippen molar-refractivity contribution < 1.29 is 4.79 Å². The van der Waals surface area contributed by atoms with Crippen LogP contribution in [0.4, 0.5) is 0 Å². The molecule has 3 rings (SSSR count). The van der Waals surface area contributed by atoms with Gasteiger partial charge < -0.3 is 0 Å². The minimum atomic E-state index is 0.777. The van der Waals surface area contributed by atoms with Crippen molar-refractivity contribution >= 4 is 27.8 Å². The predicted octanol–water partition coefficient (Wildman–Crippen LogP) is 4.53. The fourth-order valence-corrected chi connectivity index (χ4v) is 2.74. The van der Waals surface area contributed by atoms with E-state index in [1.165, 1.54) is 5.56 Å². The summed E-state index contributed by atoms with van der Waals surface area (Å²) >= 11 is 0. The van der Waals surface area contributed by atoms with Crippen LogP contribution in [-0.2, 0) is 6.42 Å². The number of hydrogen-bond acceptors (Lipinski definition) is 1. The van der Waals surface area contributed by atoms with E-state index < -0.39 is 0 Å². The number of carbonyl (C=O) groups excluding carboxylic acids is 1. The van der Waals surface area contributed by atoms with Crippen molar-refractivity contribution in [3.05, 3.63) is 72.3 Å². The van der Waals surface area contributed by atoms with Gasteiger partial charge in [0, 0.05) is 5.56 Å². The zero-order valence-corrected chi connectivity index (χ0v) is 10.6. The molecular weight excluding hydrogens is 232 g/mol. The summed E-state index contributed by atoms with van der Waals surface area (Å²) in [5.41, 5.74) is 2.02. The van der Waals surface area contributed by atoms with Gasteiger partial charge in [-0.25, -0.2) is 0 Å². The van der Waals surface area contributed by atoms with E-state index in [1.54, 1.807) is 0 Å². The number of fused-ring (bicyclic) bond motifs is 2. The smallest absolute Gasteiger partial charge is 0.151 e. The number of benzene rings is 3. The van der Waals surface area contributed by atoms with E-state index >= 15 is 0 Å². The summed E-state index contributed by atoms with van der Waals surface area (Å²) in [5, 5.41) is 4.33. The molecule has 0 fully saturated rings. The van der Waals surface area contributed by atoms with E-state index in [-0.39, 0.29) is 0 Å². The second-order valence-corrected chi connectivity index (χ2v) is 4.59. The highest BCUT2D eigenvalue weighted by atomic mass is 16.1. The molecule has 0 amide bonds. The summed E-state index contributed by atoms with van der Waals surface area (Å²) in [6, 6.07) is 16.2. The van der Waals surface area contributed by atoms with Gasteiger partial charge in [0.15, 0.2) is 6.29 Å². The Bertz CT molecular complexity index is 727. The molecule has 0 atom stereocenters. The molecule has 0 aliphatic rings. The fraction of sp³-hybridized carbons (Fsp3) is 0.0556. The van der Waals surface area contributed by atoms with E-state index in [9.17, 15) is 4.79 Å². The van der Waals surface area contributed by atoms with Gasteiger partial charge in [-0.15, -0.1) is 6.58 Å². The fourth-order valence-electron chi connectivity index (χ4n) is 2.74. The summed E-state index contributed by atoms with van der Waals surface area (Å²) in [5.74, 6) is 0. The SMILES string of the molecule is C=CCc1c2ccccc2c(C=O)c2ccccc12. The van der Waals surface area contributed by atoms with Crippen LogP contribution in [0.2, 0.25) is 0 Å². The molecule has 0 unspecified atom stereocenters. The summed E-state index contributed by atoms with van der Waals surface area (Å²) in [4.78, 5) is 11.5. The normalized spacial score (nSPS) is 10.7. The van der Waals surface area contributed by atoms with Crippen LogP contribution >= 0.6 is 0 Å². The minimum absolute atomic E-state index is 0.777. The topological polar surface area (TPSA) is 17.1 Å². The first-order valence-electron chi connectivity index (χ1n) is 6.35. The largest absolute Gasteiger partial charge is 0.298 e. The van der Waals surface area contributed by atoms with Crippen LogP contribution in [0.25, 0.3) is 21.5 Å². The molecule has 3 aromatic carbocycles. The van der Waals surface area contributed by atoms with Crippen LogP contribution in [-0.4, -0.2) is 6.29 Å². The minimum Gasteiger partial charge on any atom is -0.298 e. The summed E-state index contributed by atoms with van der Waals surface area (Å²) < 4.78 is 0. The number of rotatable bonds is 3. The van der Waals surface area contributed by atoms with Gasteiger partial charge in [0.2, 0.25) is 0 Å². The van der Waals surface area contributed by atoms with Gasteiger partial charge in [-0.05, 0) is 33.5 Å². The highest BCUT2D eigenvalue weighted by Crippen LogP contribution is 2.32. The molecule has 0 aliphatic carbocycles. The second-order valence-electron chi connectivity index (χ2n) is 4.59. The molecule has 92 valence electrons. The van der Waals surface area contributed by atoms with Crippen LogP contribution in [0.1, 0.15) is 15.9 Å². The van der Waals surface area contributed by atoms with Crippen molar-refractivity contribution in [1.82, 2.24) is 0 Å². The maximum Gasteiger partial charge on any atom is 0.151 e. The standard InChI is InChI=1S/C18H14O/c1-2-7-13-14-8-3-5-10-16(14)18(12-19)17-11-6-4-9-15(13)17/h2-6,8-12H,1,7H2. The lowest BCUT2D eigenvalue weighted by molar-refractivity contribution is 0.112. The maximum atomic E-state index is 11.5. The molecule has 0 spiro atoms. The van der Waals surface area contributed by atoms with E-state index in [0.29, 0.717) is 0 Å². The third-order valence-electron chi connectivity index (χ3n) is 3.55. The molecule has 0 aromatic heterocycles. The molecule has 1 nitrogen and oxygen atoms in total. The summed E-state index contributed by atoms with van der Waals surface area (Å²) in [6.07, 6.45) is 3.68. The van der Waals surface area contributed by atoms with Crippen molar-refractivity contribution in [2.45, 2.75) is 6.42 Å². The van der Waals surface area contributed by atoms with Gasteiger partial charge in [0.1, 0.15) is 0 Å². The highest BCUT2D eigenvalue weighted by molar-refractivity contribution is 6.14. The molecule has 1 heteroatoms. The Morgan fingerprint density at radius 2 is 1.32 bits per heavy atom. The molecule has 0 bridgehead atoms. The maximum absolute atomic E-state index is 11.5. The quantitative estimate of drug-likeness (QED) is 0.377. The lowest BCUT2D eigenvalue weighted by atomic mass is 9.91. The van der Waals surface area contributed by atoms with Gasteiger partial charge >= 0.3 is 0 Å². The molecule has 0 N–H and O–H groups in total. The molecule has 0 heterocycles. The van der Waals surface area contributed by atoms with Crippen molar-refractivity contribution in [2.24, 2.45) is 0 Å². The predicted molar refractivity (Wildman–Crippen MR) is 80.7 cm³/mol. The van der Waals surface area contributed by atoms with Crippen LogP contribution in [0.5, 0.6) is 0 Å². The van der Waals surface area contributed by atoms with Crippen molar-refractivity contribution in [3.8, 4) is 0 Å². The molecule has 0 radical (unpaired) electrons. The van der Waals surface area contributed by atoms with Gasteiger partial charge in [0.05, 0.1) is 0 Å². The molecule has 3 aromatic rings. The van der Waals surface area contributed by atoms with E-state index in [4.69, 9.17) is 0 Å². The Morgan fingerprint density at radius 3 is 1.74 bits per heavy atom. The van der Waals surface area contributed by atoms with Crippen molar-refractivity contribution in [3.63, 3.8) is 0 Å². The first-order chi connectivity index (χ1) is 9.36. The Hall–Kier alpha value is -2.41. The average Bonchev–Trinajstić information content (AvgIpc) is 2.47. The van der Waals surface area contributed by atoms with E-state index in [2.05, 4.69) is 18.7 Å². The Kier molecular flexibility index (Phi) is 2.88. The first kappa shape index (κ1) is 11.7. The third kappa shape index (κ3) is 1.75. The zero-order valence-electron chi connectivity index (χ0n) is 10.6.